The van der Waals surface area contributed by atoms with Gasteiger partial charge in [-0.05, 0) is 12.5 Å². The molecule has 0 bridgehead atoms. The lowest BCUT2D eigenvalue weighted by molar-refractivity contribution is -0.385. The molecule has 0 aliphatic carbocycles. The van der Waals surface area contributed by atoms with E-state index in [9.17, 15) is 20.0 Å². The summed E-state index contributed by atoms with van der Waals surface area (Å²) in [6.45, 7) is 0.573. The third-order valence-corrected chi connectivity index (χ3v) is 3.09. The van der Waals surface area contributed by atoms with Crippen molar-refractivity contribution in [3.63, 3.8) is 0 Å². The minimum Gasteiger partial charge on any atom is -0.496 e. The predicted octanol–water partition coefficient (Wildman–Crippen LogP) is 0.810. The summed E-state index contributed by atoms with van der Waals surface area (Å²) in [6.07, 6.45) is -0.0907. The highest BCUT2D eigenvalue weighted by Crippen LogP contribution is 2.30. The number of β-amino-alcohol motifs (C(OH)–C–C–N with tert-alkyl or cyclic N) is 1. The van der Waals surface area contributed by atoms with Crippen LogP contribution in [0.3, 0.4) is 0 Å². The number of nitro groups is 1. The average molecular weight is 266 g/mol. The minimum atomic E-state index is -0.609. The number of rotatable bonds is 3. The molecule has 102 valence electrons. The number of aliphatic hydroxyl groups is 1. The van der Waals surface area contributed by atoms with Crippen molar-refractivity contribution in [2.75, 3.05) is 20.2 Å². The van der Waals surface area contributed by atoms with Gasteiger partial charge in [0.25, 0.3) is 11.6 Å². The first kappa shape index (κ1) is 13.3. The number of nitrogens with zero attached hydrogens (tertiary/aromatic N) is 2. The van der Waals surface area contributed by atoms with Crippen LogP contribution in [0.15, 0.2) is 18.2 Å². The number of hydrogen-bond donors (Lipinski definition) is 1. The van der Waals surface area contributed by atoms with E-state index in [1.165, 1.54) is 30.2 Å². The highest BCUT2D eigenvalue weighted by molar-refractivity contribution is 6.01. The molecule has 7 nitrogen and oxygen atoms in total. The molecular formula is C12H14N2O5. The van der Waals surface area contributed by atoms with Crippen LogP contribution in [0, 0.1) is 10.1 Å². The second-order valence-electron chi connectivity index (χ2n) is 4.31. The fourth-order valence-electron chi connectivity index (χ4n) is 2.14. The molecule has 0 unspecified atom stereocenters. The lowest BCUT2D eigenvalue weighted by atomic mass is 10.1. The summed E-state index contributed by atoms with van der Waals surface area (Å²) in [5, 5.41) is 20.4. The number of hydrogen-bond acceptors (Lipinski definition) is 5. The molecule has 1 amide bonds. The van der Waals surface area contributed by atoms with Crippen molar-refractivity contribution in [2.45, 2.75) is 12.5 Å². The van der Waals surface area contributed by atoms with Crippen molar-refractivity contribution in [3.05, 3.63) is 33.9 Å². The van der Waals surface area contributed by atoms with Gasteiger partial charge in [0.05, 0.1) is 18.1 Å². The molecule has 1 saturated heterocycles. The van der Waals surface area contributed by atoms with Crippen LogP contribution in [0.25, 0.3) is 0 Å². The first-order valence-corrected chi connectivity index (χ1v) is 5.83. The Bertz CT molecular complexity index is 517. The van der Waals surface area contributed by atoms with Crippen LogP contribution in [0.1, 0.15) is 16.8 Å². The number of aliphatic hydroxyl groups excluding tert-OH is 1. The summed E-state index contributed by atoms with van der Waals surface area (Å²) in [5.41, 5.74) is -0.352. The Hall–Kier alpha value is -2.15. The van der Waals surface area contributed by atoms with E-state index >= 15 is 0 Å². The monoisotopic (exact) mass is 266 g/mol. The van der Waals surface area contributed by atoms with Crippen LogP contribution in [-0.4, -0.2) is 47.1 Å². The number of amides is 1. The lowest BCUT2D eigenvalue weighted by Gasteiger charge is -2.17. The van der Waals surface area contributed by atoms with Crippen LogP contribution in [-0.2, 0) is 0 Å². The molecule has 0 aromatic heterocycles. The number of methoxy groups -OCH3 is 1. The largest absolute Gasteiger partial charge is 0.496 e. The Balaban J connectivity index is 2.42. The third kappa shape index (κ3) is 2.50. The zero-order valence-corrected chi connectivity index (χ0v) is 10.4. The van der Waals surface area contributed by atoms with Crippen LogP contribution < -0.4 is 4.74 Å². The highest BCUT2D eigenvalue weighted by Gasteiger charge is 2.32. The van der Waals surface area contributed by atoms with Gasteiger partial charge in [-0.25, -0.2) is 0 Å². The van der Waals surface area contributed by atoms with E-state index in [2.05, 4.69) is 0 Å². The standard InChI is InChI=1S/C12H14N2O5/c1-19-10-4-2-3-9(14(17)18)11(10)12(16)13-6-5-8(15)7-13/h2-4,8,15H,5-7H2,1H3/t8-/m1/s1. The molecule has 1 fully saturated rings. The molecule has 1 heterocycles. The van der Waals surface area contributed by atoms with E-state index in [1.807, 2.05) is 0 Å². The van der Waals surface area contributed by atoms with Gasteiger partial charge in [-0.2, -0.15) is 0 Å². The van der Waals surface area contributed by atoms with Crippen molar-refractivity contribution < 1.29 is 19.6 Å². The Kier molecular flexibility index (Phi) is 3.66. The van der Waals surface area contributed by atoms with E-state index in [4.69, 9.17) is 4.74 Å². The third-order valence-electron chi connectivity index (χ3n) is 3.09. The zero-order valence-electron chi connectivity index (χ0n) is 10.4. The van der Waals surface area contributed by atoms with E-state index in [1.54, 1.807) is 0 Å². The van der Waals surface area contributed by atoms with Crippen molar-refractivity contribution in [1.82, 2.24) is 4.90 Å². The number of ether oxygens (including phenoxy) is 1. The van der Waals surface area contributed by atoms with Crippen LogP contribution in [0.4, 0.5) is 5.69 Å². The molecule has 0 spiro atoms. The molecule has 2 rings (SSSR count). The van der Waals surface area contributed by atoms with Gasteiger partial charge in [0.2, 0.25) is 0 Å². The Morgan fingerprint density at radius 1 is 1.58 bits per heavy atom. The maximum absolute atomic E-state index is 12.3. The molecule has 1 aliphatic heterocycles. The topological polar surface area (TPSA) is 92.9 Å². The highest BCUT2D eigenvalue weighted by atomic mass is 16.6. The quantitative estimate of drug-likeness (QED) is 0.645. The molecule has 19 heavy (non-hydrogen) atoms. The predicted molar refractivity (Wildman–Crippen MR) is 66.2 cm³/mol. The normalized spacial score (nSPS) is 18.4. The Labute approximate surface area is 109 Å². The maximum Gasteiger partial charge on any atom is 0.285 e. The SMILES string of the molecule is COc1cccc([N+](=O)[O-])c1C(=O)N1CC[C@@H](O)C1. The molecule has 1 atom stereocenters. The fourth-order valence-corrected chi connectivity index (χ4v) is 2.14. The number of carbonyl (C=O) groups excluding carboxylic acids is 1. The lowest BCUT2D eigenvalue weighted by Crippen LogP contribution is -2.30. The summed E-state index contributed by atoms with van der Waals surface area (Å²) in [4.78, 5) is 24.1. The maximum atomic E-state index is 12.3. The van der Waals surface area contributed by atoms with E-state index in [-0.39, 0.29) is 23.5 Å². The molecular weight excluding hydrogens is 252 g/mol. The van der Waals surface area contributed by atoms with E-state index in [0.717, 1.165) is 0 Å². The van der Waals surface area contributed by atoms with E-state index < -0.39 is 16.9 Å². The smallest absolute Gasteiger partial charge is 0.285 e. The van der Waals surface area contributed by atoms with Gasteiger partial charge in [0.15, 0.2) is 5.56 Å². The molecule has 1 aliphatic rings. The average Bonchev–Trinajstić information content (AvgIpc) is 2.83. The number of benzene rings is 1. The Morgan fingerprint density at radius 3 is 2.84 bits per heavy atom. The second-order valence-corrected chi connectivity index (χ2v) is 4.31. The van der Waals surface area contributed by atoms with Crippen molar-refractivity contribution in [1.29, 1.82) is 0 Å². The summed E-state index contributed by atoms with van der Waals surface area (Å²) in [7, 11) is 1.36. The van der Waals surface area contributed by atoms with E-state index in [0.29, 0.717) is 13.0 Å². The first-order chi connectivity index (χ1) is 9.04. The van der Waals surface area contributed by atoms with Gasteiger partial charge in [-0.1, -0.05) is 6.07 Å². The number of nitro benzene ring substituents is 1. The molecule has 0 radical (unpaired) electrons. The fraction of sp³-hybridized carbons (Fsp3) is 0.417. The summed E-state index contributed by atoms with van der Waals surface area (Å²) in [5.74, 6) is -0.318. The molecule has 7 heteroatoms. The van der Waals surface area contributed by atoms with Crippen LogP contribution in [0.5, 0.6) is 5.75 Å². The molecule has 0 saturated carbocycles. The zero-order chi connectivity index (χ0) is 14.0. The summed E-state index contributed by atoms with van der Waals surface area (Å²) in [6, 6.07) is 4.24. The van der Waals surface area contributed by atoms with Crippen LogP contribution >= 0.6 is 0 Å². The van der Waals surface area contributed by atoms with Gasteiger partial charge in [-0.15, -0.1) is 0 Å². The van der Waals surface area contributed by atoms with Gasteiger partial charge >= 0.3 is 0 Å². The van der Waals surface area contributed by atoms with Gasteiger partial charge < -0.3 is 14.7 Å². The second kappa shape index (κ2) is 5.23. The van der Waals surface area contributed by atoms with Crippen molar-refractivity contribution in [2.24, 2.45) is 0 Å². The summed E-state index contributed by atoms with van der Waals surface area (Å²) >= 11 is 0. The van der Waals surface area contributed by atoms with Gasteiger partial charge in [-0.3, -0.25) is 14.9 Å². The molecule has 1 aromatic rings. The molecule has 1 aromatic carbocycles. The van der Waals surface area contributed by atoms with Gasteiger partial charge in [0, 0.05) is 19.2 Å². The minimum absolute atomic E-state index is 0.0656. The van der Waals surface area contributed by atoms with Crippen molar-refractivity contribution >= 4 is 11.6 Å². The van der Waals surface area contributed by atoms with Crippen molar-refractivity contribution in [3.8, 4) is 5.75 Å². The van der Waals surface area contributed by atoms with Crippen LogP contribution in [0.2, 0.25) is 0 Å². The first-order valence-electron chi connectivity index (χ1n) is 5.83. The summed E-state index contributed by atoms with van der Waals surface area (Å²) < 4.78 is 5.03. The number of likely N-dealkylation sites (tertiary alicyclic amines) is 1. The molecule has 1 N–H and O–H groups in total. The number of carbonyl (C=O) groups is 1. The van der Waals surface area contributed by atoms with Gasteiger partial charge in [0.1, 0.15) is 5.75 Å². The Morgan fingerprint density at radius 2 is 2.32 bits per heavy atom.